The van der Waals surface area contributed by atoms with Crippen molar-refractivity contribution < 1.29 is 14.6 Å². The highest BCUT2D eigenvalue weighted by Crippen LogP contribution is 2.33. The van der Waals surface area contributed by atoms with Crippen molar-refractivity contribution in [1.82, 2.24) is 4.90 Å². The summed E-state index contributed by atoms with van der Waals surface area (Å²) >= 11 is 0. The Bertz CT molecular complexity index is 668. The summed E-state index contributed by atoms with van der Waals surface area (Å²) in [6.45, 7) is 7.13. The zero-order valence-corrected chi connectivity index (χ0v) is 16.9. The molecule has 1 heterocycles. The van der Waals surface area contributed by atoms with Gasteiger partial charge in [0, 0.05) is 25.6 Å². The number of benzene rings is 2. The number of aliphatic hydroxyl groups is 1. The van der Waals surface area contributed by atoms with E-state index in [0.29, 0.717) is 0 Å². The predicted molar refractivity (Wildman–Crippen MR) is 113 cm³/mol. The van der Waals surface area contributed by atoms with Crippen LogP contribution in [0.3, 0.4) is 0 Å². The van der Waals surface area contributed by atoms with Crippen molar-refractivity contribution in [3.63, 3.8) is 0 Å². The Morgan fingerprint density at radius 1 is 0.964 bits per heavy atom. The third-order valence-corrected chi connectivity index (χ3v) is 5.41. The number of hydrogen-bond donors (Lipinski definition) is 1. The van der Waals surface area contributed by atoms with Gasteiger partial charge < -0.3 is 14.6 Å². The summed E-state index contributed by atoms with van der Waals surface area (Å²) in [5.74, 6) is 0.895. The highest BCUT2D eigenvalue weighted by atomic mass is 16.5. The minimum Gasteiger partial charge on any atom is -0.494 e. The lowest BCUT2D eigenvalue weighted by molar-refractivity contribution is 0.0240. The number of aliphatic hydroxyl groups excluding tert-OH is 1. The van der Waals surface area contributed by atoms with Crippen LogP contribution < -0.4 is 4.74 Å². The van der Waals surface area contributed by atoms with Crippen LogP contribution in [-0.4, -0.2) is 49.5 Å². The van der Waals surface area contributed by atoms with Crippen LogP contribution in [0, 0.1) is 0 Å². The van der Waals surface area contributed by atoms with Crippen LogP contribution in [0.4, 0.5) is 0 Å². The first-order chi connectivity index (χ1) is 13.8. The summed E-state index contributed by atoms with van der Waals surface area (Å²) in [4.78, 5) is 2.38. The van der Waals surface area contributed by atoms with Crippen LogP contribution >= 0.6 is 0 Å². The van der Waals surface area contributed by atoms with Crippen molar-refractivity contribution >= 4 is 0 Å². The summed E-state index contributed by atoms with van der Waals surface area (Å²) < 4.78 is 11.3. The van der Waals surface area contributed by atoms with Gasteiger partial charge in [0.25, 0.3) is 0 Å². The van der Waals surface area contributed by atoms with Gasteiger partial charge in [-0.2, -0.15) is 0 Å². The summed E-state index contributed by atoms with van der Waals surface area (Å²) in [6.07, 6.45) is 2.91. The van der Waals surface area contributed by atoms with Crippen LogP contribution in [0.5, 0.6) is 5.75 Å². The van der Waals surface area contributed by atoms with Crippen LogP contribution in [-0.2, 0) is 4.74 Å². The molecule has 1 N–H and O–H groups in total. The monoisotopic (exact) mass is 383 g/mol. The van der Waals surface area contributed by atoms with Gasteiger partial charge in [-0.3, -0.25) is 4.90 Å². The average Bonchev–Trinajstić information content (AvgIpc) is 2.76. The number of unbranched alkanes of at least 4 members (excludes halogenated alkanes) is 2. The van der Waals surface area contributed by atoms with Gasteiger partial charge in [0.15, 0.2) is 0 Å². The number of hydrogen-bond acceptors (Lipinski definition) is 4. The van der Waals surface area contributed by atoms with Gasteiger partial charge in [0.05, 0.1) is 25.9 Å². The molecule has 0 bridgehead atoms. The topological polar surface area (TPSA) is 41.9 Å². The van der Waals surface area contributed by atoms with Gasteiger partial charge in [0.2, 0.25) is 0 Å². The van der Waals surface area contributed by atoms with Crippen LogP contribution in [0.15, 0.2) is 54.6 Å². The number of nitrogens with zero attached hydrogens (tertiary/aromatic N) is 1. The molecule has 0 aliphatic carbocycles. The lowest BCUT2D eigenvalue weighted by Crippen LogP contribution is -2.39. The summed E-state index contributed by atoms with van der Waals surface area (Å²) in [5, 5.41) is 11.2. The van der Waals surface area contributed by atoms with E-state index in [1.807, 2.05) is 42.5 Å². The molecule has 2 atom stereocenters. The molecule has 0 unspecified atom stereocenters. The molecule has 0 radical (unpaired) electrons. The average molecular weight is 384 g/mol. The fraction of sp³-hybridized carbons (Fsp3) is 0.500. The Labute approximate surface area is 169 Å². The van der Waals surface area contributed by atoms with E-state index >= 15 is 0 Å². The first kappa shape index (κ1) is 20.8. The maximum Gasteiger partial charge on any atom is 0.119 e. The van der Waals surface area contributed by atoms with Gasteiger partial charge in [-0.1, -0.05) is 62.2 Å². The second-order valence-electron chi connectivity index (χ2n) is 7.50. The van der Waals surface area contributed by atoms with E-state index in [-0.39, 0.29) is 5.92 Å². The van der Waals surface area contributed by atoms with E-state index in [9.17, 15) is 5.11 Å². The smallest absolute Gasteiger partial charge is 0.119 e. The second-order valence-corrected chi connectivity index (χ2v) is 7.50. The zero-order valence-electron chi connectivity index (χ0n) is 16.9. The van der Waals surface area contributed by atoms with Crippen molar-refractivity contribution in [2.24, 2.45) is 0 Å². The molecular formula is C24H33NO3. The molecule has 1 aliphatic heterocycles. The Morgan fingerprint density at radius 3 is 2.36 bits per heavy atom. The minimum atomic E-state index is -0.556. The van der Waals surface area contributed by atoms with E-state index < -0.39 is 6.10 Å². The molecule has 0 spiro atoms. The normalized spacial score (nSPS) is 17.2. The molecule has 4 heteroatoms. The molecule has 2 aromatic rings. The van der Waals surface area contributed by atoms with Gasteiger partial charge in [-0.05, 0) is 29.7 Å². The van der Waals surface area contributed by atoms with Crippen molar-refractivity contribution in [2.45, 2.75) is 38.2 Å². The van der Waals surface area contributed by atoms with E-state index in [1.165, 1.54) is 18.4 Å². The Morgan fingerprint density at radius 2 is 1.68 bits per heavy atom. The number of morpholine rings is 1. The molecule has 0 saturated carbocycles. The fourth-order valence-corrected chi connectivity index (χ4v) is 3.69. The van der Waals surface area contributed by atoms with Crippen LogP contribution in [0.25, 0.3) is 0 Å². The van der Waals surface area contributed by atoms with Crippen molar-refractivity contribution in [2.75, 3.05) is 39.5 Å². The van der Waals surface area contributed by atoms with Crippen LogP contribution in [0.1, 0.15) is 49.3 Å². The highest BCUT2D eigenvalue weighted by molar-refractivity contribution is 5.32. The highest BCUT2D eigenvalue weighted by Gasteiger charge is 2.26. The lowest BCUT2D eigenvalue weighted by atomic mass is 9.88. The Balaban J connectivity index is 1.68. The number of ether oxygens (including phenoxy) is 2. The third-order valence-electron chi connectivity index (χ3n) is 5.41. The standard InChI is InChI=1S/C24H33NO3/c1-2-3-7-16-28-22-12-10-21(11-13-22)24(26)23(20-8-5-4-6-9-20)19-25-14-17-27-18-15-25/h4-6,8-13,23-24,26H,2-3,7,14-19H2,1H3/t23-,24-/m0/s1. The molecule has 0 aromatic heterocycles. The predicted octanol–water partition coefficient (Wildman–Crippen LogP) is 4.41. The SMILES string of the molecule is CCCCCOc1ccc([C@H](O)[C@@H](CN2CCOCC2)c2ccccc2)cc1. The van der Waals surface area contributed by atoms with Crippen molar-refractivity contribution in [3.8, 4) is 5.75 Å². The maximum absolute atomic E-state index is 11.2. The van der Waals surface area contributed by atoms with Crippen molar-refractivity contribution in [1.29, 1.82) is 0 Å². The largest absolute Gasteiger partial charge is 0.494 e. The van der Waals surface area contributed by atoms with E-state index in [4.69, 9.17) is 9.47 Å². The van der Waals surface area contributed by atoms with Gasteiger partial charge in [-0.25, -0.2) is 0 Å². The Kier molecular flexibility index (Phi) is 8.34. The minimum absolute atomic E-state index is 0.0237. The third kappa shape index (κ3) is 6.06. The molecule has 1 aliphatic rings. The molecule has 4 nitrogen and oxygen atoms in total. The van der Waals surface area contributed by atoms with E-state index in [2.05, 4.69) is 24.0 Å². The lowest BCUT2D eigenvalue weighted by Gasteiger charge is -2.33. The van der Waals surface area contributed by atoms with Crippen LogP contribution in [0.2, 0.25) is 0 Å². The summed E-state index contributed by atoms with van der Waals surface area (Å²) in [6, 6.07) is 18.3. The fourth-order valence-electron chi connectivity index (χ4n) is 3.69. The first-order valence-electron chi connectivity index (χ1n) is 10.5. The maximum atomic E-state index is 11.2. The first-order valence-corrected chi connectivity index (χ1v) is 10.5. The van der Waals surface area contributed by atoms with E-state index in [0.717, 1.165) is 57.2 Å². The molecule has 3 rings (SSSR count). The number of rotatable bonds is 10. The quantitative estimate of drug-likeness (QED) is 0.617. The van der Waals surface area contributed by atoms with Gasteiger partial charge >= 0.3 is 0 Å². The Hall–Kier alpha value is -1.88. The summed E-state index contributed by atoms with van der Waals surface area (Å²) in [7, 11) is 0. The van der Waals surface area contributed by atoms with Crippen molar-refractivity contribution in [3.05, 3.63) is 65.7 Å². The molecule has 28 heavy (non-hydrogen) atoms. The molecular weight excluding hydrogens is 350 g/mol. The second kappa shape index (κ2) is 11.2. The molecule has 1 saturated heterocycles. The summed E-state index contributed by atoms with van der Waals surface area (Å²) in [5.41, 5.74) is 2.10. The van der Waals surface area contributed by atoms with E-state index in [1.54, 1.807) is 0 Å². The zero-order chi connectivity index (χ0) is 19.6. The molecule has 152 valence electrons. The molecule has 2 aromatic carbocycles. The van der Waals surface area contributed by atoms with Gasteiger partial charge in [-0.15, -0.1) is 0 Å². The molecule has 0 amide bonds. The molecule has 1 fully saturated rings. The van der Waals surface area contributed by atoms with Gasteiger partial charge in [0.1, 0.15) is 5.75 Å².